The lowest BCUT2D eigenvalue weighted by atomic mass is 10.0. The summed E-state index contributed by atoms with van der Waals surface area (Å²) in [6.07, 6.45) is 3.23. The number of anilines is 2. The summed E-state index contributed by atoms with van der Waals surface area (Å²) >= 11 is 5.93. The Hall–Kier alpha value is -2.53. The van der Waals surface area contributed by atoms with E-state index < -0.39 is 17.4 Å². The first-order valence-electron chi connectivity index (χ1n) is 8.19. The fourth-order valence-electron chi connectivity index (χ4n) is 3.25. The lowest BCUT2D eigenvalue weighted by molar-refractivity contribution is -0.143. The lowest BCUT2D eigenvalue weighted by Gasteiger charge is -2.33. The molecule has 0 radical (unpaired) electrons. The van der Waals surface area contributed by atoms with Gasteiger partial charge in [0.05, 0.1) is 5.69 Å². The topological polar surface area (TPSA) is 67.4 Å². The van der Waals surface area contributed by atoms with Gasteiger partial charge >= 0.3 is 0 Å². The summed E-state index contributed by atoms with van der Waals surface area (Å²) in [6, 6.07) is 10.7. The van der Waals surface area contributed by atoms with Gasteiger partial charge in [-0.25, -0.2) is 0 Å². The summed E-state index contributed by atoms with van der Waals surface area (Å²) in [6.45, 7) is 1.46. The van der Waals surface area contributed by atoms with Gasteiger partial charge in [-0.15, -0.1) is 0 Å². The number of nitrogens with one attached hydrogen (secondary N) is 2. The van der Waals surface area contributed by atoms with E-state index in [9.17, 15) is 9.59 Å². The number of aryl methyl sites for hydroxylation is 2. The van der Waals surface area contributed by atoms with Crippen LogP contribution in [0.4, 0.5) is 11.4 Å². The number of halogens is 1. The van der Waals surface area contributed by atoms with Crippen LogP contribution in [0.15, 0.2) is 36.4 Å². The summed E-state index contributed by atoms with van der Waals surface area (Å²) < 4.78 is 5.73. The maximum atomic E-state index is 12.8. The van der Waals surface area contributed by atoms with Crippen molar-refractivity contribution in [1.29, 1.82) is 0 Å². The van der Waals surface area contributed by atoms with Crippen LogP contribution < -0.4 is 15.4 Å². The van der Waals surface area contributed by atoms with Crippen LogP contribution in [-0.2, 0) is 22.4 Å². The second-order valence-corrected chi connectivity index (χ2v) is 6.96. The fourth-order valence-corrected chi connectivity index (χ4v) is 3.42. The van der Waals surface area contributed by atoms with Gasteiger partial charge in [-0.1, -0.05) is 17.7 Å². The zero-order valence-corrected chi connectivity index (χ0v) is 14.4. The van der Waals surface area contributed by atoms with Crippen molar-refractivity contribution < 1.29 is 14.3 Å². The van der Waals surface area contributed by atoms with E-state index in [-0.39, 0.29) is 0 Å². The molecule has 5 nitrogen and oxygen atoms in total. The lowest BCUT2D eigenvalue weighted by Crippen LogP contribution is -2.56. The number of hydrogen-bond donors (Lipinski definition) is 2. The van der Waals surface area contributed by atoms with Crippen LogP contribution in [0, 0.1) is 0 Å². The van der Waals surface area contributed by atoms with Crippen molar-refractivity contribution in [2.75, 3.05) is 10.6 Å². The number of hydrogen-bond acceptors (Lipinski definition) is 3. The Balaban J connectivity index is 1.58. The van der Waals surface area contributed by atoms with Crippen LogP contribution in [-0.4, -0.2) is 17.4 Å². The molecule has 2 N–H and O–H groups in total. The number of rotatable bonds is 2. The summed E-state index contributed by atoms with van der Waals surface area (Å²) in [5, 5.41) is 5.97. The standard InChI is InChI=1S/C19H17ClN2O3/c1-19(18(24)22-15-10-13(20)6-8-16(15)25-19)17(23)21-14-7-5-11-3-2-4-12(11)9-14/h5-10H,2-4H2,1H3,(H,21,23)(H,22,24). The van der Waals surface area contributed by atoms with E-state index in [2.05, 4.69) is 10.6 Å². The molecule has 128 valence electrons. The van der Waals surface area contributed by atoms with Crippen LogP contribution in [0.25, 0.3) is 0 Å². The SMILES string of the molecule is CC1(C(=O)Nc2ccc3c(c2)CCC3)Oc2ccc(Cl)cc2NC1=O. The molecule has 2 aromatic rings. The molecule has 2 aromatic carbocycles. The third-order valence-electron chi connectivity index (χ3n) is 4.73. The van der Waals surface area contributed by atoms with Crippen molar-refractivity contribution >= 4 is 34.8 Å². The minimum Gasteiger partial charge on any atom is -0.466 e. The summed E-state index contributed by atoms with van der Waals surface area (Å²) in [7, 11) is 0. The molecule has 1 aliphatic heterocycles. The van der Waals surface area contributed by atoms with Crippen molar-refractivity contribution in [3.05, 3.63) is 52.5 Å². The van der Waals surface area contributed by atoms with Crippen molar-refractivity contribution in [3.8, 4) is 5.75 Å². The number of carbonyl (C=O) groups is 2. The molecule has 1 aliphatic carbocycles. The number of fused-ring (bicyclic) bond motifs is 2. The third-order valence-corrected chi connectivity index (χ3v) is 4.96. The second kappa shape index (κ2) is 5.77. The minimum absolute atomic E-state index is 0.413. The summed E-state index contributed by atoms with van der Waals surface area (Å²) in [5.41, 5.74) is 2.05. The van der Waals surface area contributed by atoms with E-state index in [4.69, 9.17) is 16.3 Å². The monoisotopic (exact) mass is 356 g/mol. The average molecular weight is 357 g/mol. The summed E-state index contributed by atoms with van der Waals surface area (Å²) in [4.78, 5) is 25.2. The first-order valence-corrected chi connectivity index (χ1v) is 8.57. The van der Waals surface area contributed by atoms with Crippen LogP contribution in [0.1, 0.15) is 24.5 Å². The normalized spacial score (nSPS) is 21.0. The smallest absolute Gasteiger partial charge is 0.278 e. The van der Waals surface area contributed by atoms with Gasteiger partial charge in [0.1, 0.15) is 5.75 Å². The largest absolute Gasteiger partial charge is 0.466 e. The molecule has 1 atom stereocenters. The molecule has 6 heteroatoms. The Morgan fingerprint density at radius 2 is 2.00 bits per heavy atom. The van der Waals surface area contributed by atoms with Gasteiger partial charge in [0.25, 0.3) is 17.4 Å². The highest BCUT2D eigenvalue weighted by molar-refractivity contribution is 6.31. The van der Waals surface area contributed by atoms with Crippen LogP contribution in [0.3, 0.4) is 0 Å². The highest BCUT2D eigenvalue weighted by Crippen LogP contribution is 2.36. The van der Waals surface area contributed by atoms with E-state index in [0.29, 0.717) is 22.1 Å². The van der Waals surface area contributed by atoms with E-state index in [0.717, 1.165) is 19.3 Å². The third kappa shape index (κ3) is 2.74. The molecule has 25 heavy (non-hydrogen) atoms. The molecule has 1 unspecified atom stereocenters. The number of benzene rings is 2. The first kappa shape index (κ1) is 16.0. The van der Waals surface area contributed by atoms with Gasteiger partial charge < -0.3 is 15.4 Å². The number of ether oxygens (including phenoxy) is 1. The molecule has 0 spiro atoms. The minimum atomic E-state index is -1.65. The number of amides is 2. The molecular weight excluding hydrogens is 340 g/mol. The molecule has 4 rings (SSSR count). The fraction of sp³-hybridized carbons (Fsp3) is 0.263. The highest BCUT2D eigenvalue weighted by Gasteiger charge is 2.47. The van der Waals surface area contributed by atoms with Crippen LogP contribution in [0.2, 0.25) is 5.02 Å². The predicted molar refractivity (Wildman–Crippen MR) is 96.2 cm³/mol. The quantitative estimate of drug-likeness (QED) is 0.808. The Morgan fingerprint density at radius 1 is 1.20 bits per heavy atom. The highest BCUT2D eigenvalue weighted by atomic mass is 35.5. The van der Waals surface area contributed by atoms with Gasteiger partial charge in [0.15, 0.2) is 0 Å². The van der Waals surface area contributed by atoms with Crippen molar-refractivity contribution in [3.63, 3.8) is 0 Å². The molecule has 0 saturated heterocycles. The zero-order chi connectivity index (χ0) is 17.6. The van der Waals surface area contributed by atoms with E-state index >= 15 is 0 Å². The first-order chi connectivity index (χ1) is 12.0. The van der Waals surface area contributed by atoms with Crippen molar-refractivity contribution in [2.24, 2.45) is 0 Å². The molecule has 0 bridgehead atoms. The van der Waals surface area contributed by atoms with Gasteiger partial charge in [-0.3, -0.25) is 9.59 Å². The van der Waals surface area contributed by atoms with Gasteiger partial charge in [-0.05, 0) is 67.6 Å². The van der Waals surface area contributed by atoms with Crippen molar-refractivity contribution in [2.45, 2.75) is 31.8 Å². The van der Waals surface area contributed by atoms with Gasteiger partial charge in [-0.2, -0.15) is 0 Å². The number of carbonyl (C=O) groups excluding carboxylic acids is 2. The van der Waals surface area contributed by atoms with Crippen LogP contribution in [0.5, 0.6) is 5.75 Å². The van der Waals surface area contributed by atoms with E-state index in [1.165, 1.54) is 18.1 Å². The molecule has 1 heterocycles. The maximum Gasteiger partial charge on any atom is 0.278 e. The van der Waals surface area contributed by atoms with E-state index in [1.54, 1.807) is 18.2 Å². The predicted octanol–water partition coefficient (Wildman–Crippen LogP) is 3.56. The van der Waals surface area contributed by atoms with Gasteiger partial charge in [0, 0.05) is 10.7 Å². The molecule has 0 aromatic heterocycles. The molecule has 2 amide bonds. The van der Waals surface area contributed by atoms with E-state index in [1.807, 2.05) is 18.2 Å². The molecule has 0 fully saturated rings. The Kier molecular flexibility index (Phi) is 3.69. The van der Waals surface area contributed by atoms with Crippen molar-refractivity contribution in [1.82, 2.24) is 0 Å². The molecule has 0 saturated carbocycles. The molecular formula is C19H17ClN2O3. The van der Waals surface area contributed by atoms with Gasteiger partial charge in [0.2, 0.25) is 0 Å². The molecule has 2 aliphatic rings. The Bertz CT molecular complexity index is 896. The Labute approximate surface area is 150 Å². The second-order valence-electron chi connectivity index (χ2n) is 6.52. The Morgan fingerprint density at radius 3 is 2.84 bits per heavy atom. The average Bonchev–Trinajstić information content (AvgIpc) is 3.04. The summed E-state index contributed by atoms with van der Waals surface area (Å²) in [5.74, 6) is -0.625. The maximum absolute atomic E-state index is 12.8. The van der Waals surface area contributed by atoms with Crippen LogP contribution >= 0.6 is 11.6 Å². The zero-order valence-electron chi connectivity index (χ0n) is 13.7.